The van der Waals surface area contributed by atoms with Crippen molar-refractivity contribution in [3.8, 4) is 11.5 Å². The summed E-state index contributed by atoms with van der Waals surface area (Å²) in [6.45, 7) is 2.33. The number of fused-ring (bicyclic) bond motifs is 1. The molecule has 0 radical (unpaired) electrons. The van der Waals surface area contributed by atoms with E-state index in [9.17, 15) is 0 Å². The Labute approximate surface area is 153 Å². The lowest BCUT2D eigenvalue weighted by Gasteiger charge is -2.14. The van der Waals surface area contributed by atoms with Gasteiger partial charge >= 0.3 is 0 Å². The summed E-state index contributed by atoms with van der Waals surface area (Å²) in [5.74, 6) is 2.69. The Kier molecular flexibility index (Phi) is 5.07. The maximum atomic E-state index is 5.88. The molecule has 0 saturated carbocycles. The normalized spacial score (nSPS) is 16.9. The zero-order valence-corrected chi connectivity index (χ0v) is 15.1. The van der Waals surface area contributed by atoms with Crippen LogP contribution in [0, 0.1) is 0 Å². The standard InChI is InChI=1S/C21H24N2O3/c1-24-16-7-4-8-17(15-16)25-14-6-12-23-19-10-3-2-9-18(19)22-21(23)20-11-5-13-26-20/h2-4,7-10,15,20H,5-6,11-14H2,1H3. The largest absolute Gasteiger partial charge is 0.497 e. The van der Waals surface area contributed by atoms with Gasteiger partial charge in [-0.15, -0.1) is 0 Å². The molecule has 5 nitrogen and oxygen atoms in total. The van der Waals surface area contributed by atoms with E-state index in [4.69, 9.17) is 19.2 Å². The van der Waals surface area contributed by atoms with Gasteiger partial charge in [0.1, 0.15) is 23.4 Å². The zero-order chi connectivity index (χ0) is 17.8. The number of methoxy groups -OCH3 is 1. The van der Waals surface area contributed by atoms with Crippen molar-refractivity contribution >= 4 is 11.0 Å². The van der Waals surface area contributed by atoms with E-state index >= 15 is 0 Å². The van der Waals surface area contributed by atoms with Crippen LogP contribution >= 0.6 is 0 Å². The number of nitrogens with zero attached hydrogens (tertiary/aromatic N) is 2. The van der Waals surface area contributed by atoms with Gasteiger partial charge in [0, 0.05) is 19.2 Å². The second-order valence-corrected chi connectivity index (χ2v) is 6.49. The van der Waals surface area contributed by atoms with Gasteiger partial charge in [-0.3, -0.25) is 0 Å². The molecule has 5 heteroatoms. The summed E-state index contributed by atoms with van der Waals surface area (Å²) in [6.07, 6.45) is 3.16. The van der Waals surface area contributed by atoms with Crippen LogP contribution in [0.25, 0.3) is 11.0 Å². The van der Waals surface area contributed by atoms with E-state index in [2.05, 4.69) is 22.8 Å². The first-order valence-corrected chi connectivity index (χ1v) is 9.19. The van der Waals surface area contributed by atoms with Gasteiger partial charge in [0.25, 0.3) is 0 Å². The van der Waals surface area contributed by atoms with E-state index in [-0.39, 0.29) is 6.10 Å². The highest BCUT2D eigenvalue weighted by atomic mass is 16.5. The summed E-state index contributed by atoms with van der Waals surface area (Å²) in [4.78, 5) is 4.83. The quantitative estimate of drug-likeness (QED) is 0.593. The third-order valence-electron chi connectivity index (χ3n) is 4.74. The predicted molar refractivity (Wildman–Crippen MR) is 101 cm³/mol. The molecule has 3 aromatic rings. The number of para-hydroxylation sites is 2. The van der Waals surface area contributed by atoms with Crippen molar-refractivity contribution in [1.29, 1.82) is 0 Å². The van der Waals surface area contributed by atoms with Gasteiger partial charge < -0.3 is 18.8 Å². The summed E-state index contributed by atoms with van der Waals surface area (Å²) in [5.41, 5.74) is 2.20. The number of imidazole rings is 1. The van der Waals surface area contributed by atoms with Gasteiger partial charge in [-0.25, -0.2) is 4.98 Å². The molecule has 1 atom stereocenters. The van der Waals surface area contributed by atoms with Crippen LogP contribution in [0.2, 0.25) is 0 Å². The Balaban J connectivity index is 1.45. The van der Waals surface area contributed by atoms with Gasteiger partial charge in [0.15, 0.2) is 0 Å². The van der Waals surface area contributed by atoms with Crippen molar-refractivity contribution < 1.29 is 14.2 Å². The molecule has 26 heavy (non-hydrogen) atoms. The molecule has 0 N–H and O–H groups in total. The summed E-state index contributed by atoms with van der Waals surface area (Å²) in [6, 6.07) is 16.0. The fourth-order valence-corrected chi connectivity index (χ4v) is 3.46. The molecule has 2 aromatic carbocycles. The van der Waals surface area contributed by atoms with Gasteiger partial charge in [0.05, 0.1) is 24.8 Å². The van der Waals surface area contributed by atoms with E-state index < -0.39 is 0 Å². The SMILES string of the molecule is COc1cccc(OCCCn2c(C3CCCO3)nc3ccccc32)c1. The Hall–Kier alpha value is -2.53. The van der Waals surface area contributed by atoms with Crippen LogP contribution in [0.5, 0.6) is 11.5 Å². The number of aryl methyl sites for hydroxylation is 1. The molecule has 1 fully saturated rings. The van der Waals surface area contributed by atoms with Crippen molar-refractivity contribution in [3.05, 3.63) is 54.4 Å². The second-order valence-electron chi connectivity index (χ2n) is 6.49. The van der Waals surface area contributed by atoms with Crippen molar-refractivity contribution in [3.63, 3.8) is 0 Å². The molecular weight excluding hydrogens is 328 g/mol. The van der Waals surface area contributed by atoms with Crippen LogP contribution in [0.3, 0.4) is 0 Å². The molecule has 0 amide bonds. The molecule has 1 unspecified atom stereocenters. The monoisotopic (exact) mass is 352 g/mol. The Morgan fingerprint density at radius 1 is 1.15 bits per heavy atom. The van der Waals surface area contributed by atoms with Crippen LogP contribution in [0.15, 0.2) is 48.5 Å². The van der Waals surface area contributed by atoms with E-state index in [1.54, 1.807) is 7.11 Å². The van der Waals surface area contributed by atoms with Gasteiger partial charge in [0.2, 0.25) is 0 Å². The van der Waals surface area contributed by atoms with Crippen LogP contribution in [0.4, 0.5) is 0 Å². The maximum Gasteiger partial charge on any atom is 0.139 e. The van der Waals surface area contributed by atoms with Gasteiger partial charge in [-0.05, 0) is 43.5 Å². The Bertz CT molecular complexity index is 869. The van der Waals surface area contributed by atoms with Crippen LogP contribution in [-0.4, -0.2) is 29.9 Å². The molecule has 136 valence electrons. The first kappa shape index (κ1) is 16.9. The highest BCUT2D eigenvalue weighted by Crippen LogP contribution is 2.30. The zero-order valence-electron chi connectivity index (χ0n) is 15.1. The summed E-state index contributed by atoms with van der Waals surface area (Å²) in [7, 11) is 1.66. The lowest BCUT2D eigenvalue weighted by Crippen LogP contribution is -2.11. The first-order chi connectivity index (χ1) is 12.8. The minimum Gasteiger partial charge on any atom is -0.497 e. The highest BCUT2D eigenvalue weighted by Gasteiger charge is 2.24. The lowest BCUT2D eigenvalue weighted by atomic mass is 10.2. The second kappa shape index (κ2) is 7.79. The third-order valence-corrected chi connectivity index (χ3v) is 4.74. The Morgan fingerprint density at radius 2 is 2.04 bits per heavy atom. The first-order valence-electron chi connectivity index (χ1n) is 9.19. The average Bonchev–Trinajstić information content (AvgIpc) is 3.33. The molecule has 0 spiro atoms. The van der Waals surface area contributed by atoms with Crippen molar-refractivity contribution in [2.45, 2.75) is 31.9 Å². The minimum atomic E-state index is 0.113. The fourth-order valence-electron chi connectivity index (χ4n) is 3.46. The number of benzene rings is 2. The van der Waals surface area contributed by atoms with Crippen molar-refractivity contribution in [2.24, 2.45) is 0 Å². The smallest absolute Gasteiger partial charge is 0.139 e. The van der Waals surface area contributed by atoms with Gasteiger partial charge in [-0.1, -0.05) is 18.2 Å². The molecule has 2 heterocycles. The van der Waals surface area contributed by atoms with E-state index in [0.717, 1.165) is 55.3 Å². The third kappa shape index (κ3) is 3.53. The minimum absolute atomic E-state index is 0.113. The van der Waals surface area contributed by atoms with E-state index in [1.807, 2.05) is 30.3 Å². The number of aromatic nitrogens is 2. The summed E-state index contributed by atoms with van der Waals surface area (Å²) >= 11 is 0. The van der Waals surface area contributed by atoms with Crippen LogP contribution in [0.1, 0.15) is 31.2 Å². The maximum absolute atomic E-state index is 5.88. The van der Waals surface area contributed by atoms with Crippen molar-refractivity contribution in [2.75, 3.05) is 20.3 Å². The molecule has 1 saturated heterocycles. The molecular formula is C21H24N2O3. The summed E-state index contributed by atoms with van der Waals surface area (Å²) in [5, 5.41) is 0. The molecule has 0 aliphatic carbocycles. The molecule has 4 rings (SSSR count). The van der Waals surface area contributed by atoms with Crippen molar-refractivity contribution in [1.82, 2.24) is 9.55 Å². The number of hydrogen-bond acceptors (Lipinski definition) is 4. The summed E-state index contributed by atoms with van der Waals surface area (Å²) < 4.78 is 19.3. The Morgan fingerprint density at radius 3 is 2.88 bits per heavy atom. The van der Waals surface area contributed by atoms with Gasteiger partial charge in [-0.2, -0.15) is 0 Å². The fraction of sp³-hybridized carbons (Fsp3) is 0.381. The predicted octanol–water partition coefficient (Wildman–Crippen LogP) is 4.37. The average molecular weight is 352 g/mol. The number of ether oxygens (including phenoxy) is 3. The lowest BCUT2D eigenvalue weighted by molar-refractivity contribution is 0.102. The van der Waals surface area contributed by atoms with E-state index in [0.29, 0.717) is 6.61 Å². The van der Waals surface area contributed by atoms with E-state index in [1.165, 1.54) is 5.52 Å². The molecule has 1 aromatic heterocycles. The number of hydrogen-bond donors (Lipinski definition) is 0. The molecule has 1 aliphatic heterocycles. The van der Waals surface area contributed by atoms with Crippen LogP contribution < -0.4 is 9.47 Å². The highest BCUT2D eigenvalue weighted by molar-refractivity contribution is 5.76. The number of rotatable bonds is 7. The molecule has 1 aliphatic rings. The molecule has 0 bridgehead atoms. The topological polar surface area (TPSA) is 45.5 Å². The van der Waals surface area contributed by atoms with Crippen LogP contribution in [-0.2, 0) is 11.3 Å².